The first-order chi connectivity index (χ1) is 8.93. The minimum Gasteiger partial charge on any atom is -0.294 e. The second kappa shape index (κ2) is 8.19. The molecule has 0 N–H and O–H groups in total. The molecule has 0 spiro atoms. The average Bonchev–Trinajstić information content (AvgIpc) is 3.11. The van der Waals surface area contributed by atoms with Crippen molar-refractivity contribution in [2.75, 3.05) is 6.54 Å². The summed E-state index contributed by atoms with van der Waals surface area (Å²) in [5, 5.41) is 0. The van der Waals surface area contributed by atoms with Gasteiger partial charge in [0.1, 0.15) is 0 Å². The van der Waals surface area contributed by atoms with Crippen molar-refractivity contribution >= 4 is 0 Å². The minimum absolute atomic E-state index is 1.01. The molecule has 2 fully saturated rings. The third kappa shape index (κ3) is 4.57. The van der Waals surface area contributed by atoms with E-state index in [9.17, 15) is 0 Å². The Kier molecular flexibility index (Phi) is 6.54. The Morgan fingerprint density at radius 2 is 1.50 bits per heavy atom. The van der Waals surface area contributed by atoms with Gasteiger partial charge in [-0.25, -0.2) is 0 Å². The number of rotatable bonds is 10. The molecule has 18 heavy (non-hydrogen) atoms. The van der Waals surface area contributed by atoms with Crippen LogP contribution < -0.4 is 0 Å². The highest BCUT2D eigenvalue weighted by Crippen LogP contribution is 2.39. The minimum atomic E-state index is 1.01. The number of fused-ring (bicyclic) bond motifs is 1. The number of hydrogen-bond donors (Lipinski definition) is 0. The van der Waals surface area contributed by atoms with Gasteiger partial charge in [-0.2, -0.15) is 0 Å². The predicted octanol–water partition coefficient (Wildman–Crippen LogP) is 5.14. The second-order valence-electron chi connectivity index (χ2n) is 6.49. The molecule has 2 saturated heterocycles. The zero-order valence-electron chi connectivity index (χ0n) is 12.5. The molecule has 0 aliphatic carbocycles. The number of nitrogens with zero attached hydrogens (tertiary/aromatic N) is 1. The van der Waals surface area contributed by atoms with Crippen LogP contribution in [0.25, 0.3) is 0 Å². The van der Waals surface area contributed by atoms with E-state index in [0.717, 1.165) is 12.1 Å². The third-order valence-electron chi connectivity index (χ3n) is 4.98. The van der Waals surface area contributed by atoms with E-state index < -0.39 is 0 Å². The molecule has 3 unspecified atom stereocenters. The maximum absolute atomic E-state index is 2.76. The van der Waals surface area contributed by atoms with Crippen molar-refractivity contribution in [3.63, 3.8) is 0 Å². The van der Waals surface area contributed by atoms with Crippen molar-refractivity contribution in [1.29, 1.82) is 0 Å². The Morgan fingerprint density at radius 1 is 0.833 bits per heavy atom. The molecule has 1 heteroatoms. The van der Waals surface area contributed by atoms with E-state index in [4.69, 9.17) is 0 Å². The molecule has 2 rings (SSSR count). The molecule has 0 aromatic heterocycles. The summed E-state index contributed by atoms with van der Waals surface area (Å²) in [6.07, 6.45) is 19.2. The number of unbranched alkanes of at least 4 members (excludes halogenated alkanes) is 8. The zero-order chi connectivity index (χ0) is 12.6. The highest BCUT2D eigenvalue weighted by Gasteiger charge is 2.46. The van der Waals surface area contributed by atoms with Crippen molar-refractivity contribution in [3.05, 3.63) is 0 Å². The standard InChI is InChI=1S/C17H33N/c1-2-3-4-5-6-7-8-9-10-13-16-17-14-11-12-15-18(16)17/h16-17H,2-15H2,1H3. The Balaban J connectivity index is 1.34. The summed E-state index contributed by atoms with van der Waals surface area (Å²) < 4.78 is 0. The number of hydrogen-bond acceptors (Lipinski definition) is 1. The number of piperidine rings is 1. The summed E-state index contributed by atoms with van der Waals surface area (Å²) in [5.41, 5.74) is 0. The Labute approximate surface area is 114 Å². The maximum Gasteiger partial charge on any atom is 0.0255 e. The lowest BCUT2D eigenvalue weighted by atomic mass is 10.0. The molecule has 2 aliphatic rings. The van der Waals surface area contributed by atoms with E-state index in [-0.39, 0.29) is 0 Å². The van der Waals surface area contributed by atoms with Gasteiger partial charge in [0, 0.05) is 12.1 Å². The van der Waals surface area contributed by atoms with Gasteiger partial charge in [0.2, 0.25) is 0 Å². The van der Waals surface area contributed by atoms with Gasteiger partial charge < -0.3 is 0 Å². The molecular formula is C17H33N. The van der Waals surface area contributed by atoms with Crippen LogP contribution in [-0.4, -0.2) is 23.5 Å². The highest BCUT2D eigenvalue weighted by atomic mass is 15.4. The van der Waals surface area contributed by atoms with Crippen LogP contribution in [-0.2, 0) is 0 Å². The van der Waals surface area contributed by atoms with Gasteiger partial charge in [0.25, 0.3) is 0 Å². The lowest BCUT2D eigenvalue weighted by Gasteiger charge is -2.08. The van der Waals surface area contributed by atoms with Crippen molar-refractivity contribution in [2.24, 2.45) is 0 Å². The van der Waals surface area contributed by atoms with Crippen molar-refractivity contribution < 1.29 is 0 Å². The first kappa shape index (κ1) is 14.4. The Hall–Kier alpha value is -0.0400. The zero-order valence-corrected chi connectivity index (χ0v) is 12.5. The van der Waals surface area contributed by atoms with E-state index in [1.165, 1.54) is 90.0 Å². The average molecular weight is 251 g/mol. The van der Waals surface area contributed by atoms with E-state index >= 15 is 0 Å². The lowest BCUT2D eigenvalue weighted by Crippen LogP contribution is -2.09. The van der Waals surface area contributed by atoms with Gasteiger partial charge in [-0.3, -0.25) is 4.90 Å². The topological polar surface area (TPSA) is 3.01 Å². The molecule has 0 amide bonds. The molecule has 0 radical (unpaired) electrons. The van der Waals surface area contributed by atoms with Crippen LogP contribution in [0.5, 0.6) is 0 Å². The summed E-state index contributed by atoms with van der Waals surface area (Å²) >= 11 is 0. The van der Waals surface area contributed by atoms with Gasteiger partial charge in [-0.1, -0.05) is 71.1 Å². The fourth-order valence-corrected chi connectivity index (χ4v) is 3.75. The van der Waals surface area contributed by atoms with Crippen LogP contribution in [0.15, 0.2) is 0 Å². The Bertz CT molecular complexity index is 202. The molecule has 0 saturated carbocycles. The first-order valence-corrected chi connectivity index (χ1v) is 8.69. The molecular weight excluding hydrogens is 218 g/mol. The smallest absolute Gasteiger partial charge is 0.0255 e. The van der Waals surface area contributed by atoms with Crippen LogP contribution >= 0.6 is 0 Å². The van der Waals surface area contributed by atoms with Crippen molar-refractivity contribution in [3.8, 4) is 0 Å². The fraction of sp³-hybridized carbons (Fsp3) is 1.00. The first-order valence-electron chi connectivity index (χ1n) is 8.69. The van der Waals surface area contributed by atoms with E-state index in [1.807, 2.05) is 0 Å². The monoisotopic (exact) mass is 251 g/mol. The van der Waals surface area contributed by atoms with Crippen molar-refractivity contribution in [2.45, 2.75) is 102 Å². The van der Waals surface area contributed by atoms with Crippen LogP contribution in [0.2, 0.25) is 0 Å². The molecule has 2 aliphatic heterocycles. The summed E-state index contributed by atoms with van der Waals surface area (Å²) in [5.74, 6) is 0. The van der Waals surface area contributed by atoms with Gasteiger partial charge in [0.15, 0.2) is 0 Å². The molecule has 0 aromatic rings. The lowest BCUT2D eigenvalue weighted by molar-refractivity contribution is 0.393. The highest BCUT2D eigenvalue weighted by molar-refractivity contribution is 5.03. The van der Waals surface area contributed by atoms with E-state index in [0.29, 0.717) is 0 Å². The largest absolute Gasteiger partial charge is 0.294 e. The van der Waals surface area contributed by atoms with Crippen LogP contribution in [0.3, 0.4) is 0 Å². The van der Waals surface area contributed by atoms with Gasteiger partial charge in [-0.15, -0.1) is 0 Å². The van der Waals surface area contributed by atoms with Crippen LogP contribution in [0.1, 0.15) is 90.4 Å². The van der Waals surface area contributed by atoms with Gasteiger partial charge in [-0.05, 0) is 25.8 Å². The molecule has 2 heterocycles. The van der Waals surface area contributed by atoms with Crippen LogP contribution in [0.4, 0.5) is 0 Å². The molecule has 0 aromatic carbocycles. The molecule has 3 atom stereocenters. The van der Waals surface area contributed by atoms with E-state index in [2.05, 4.69) is 11.8 Å². The normalized spacial score (nSPS) is 30.2. The summed E-state index contributed by atoms with van der Waals surface area (Å²) in [6.45, 7) is 3.71. The summed E-state index contributed by atoms with van der Waals surface area (Å²) in [7, 11) is 0. The summed E-state index contributed by atoms with van der Waals surface area (Å²) in [6, 6.07) is 2.03. The van der Waals surface area contributed by atoms with E-state index in [1.54, 1.807) is 0 Å². The SMILES string of the molecule is CCCCCCCCCCCC1C2CCCCN12. The molecule has 0 bridgehead atoms. The maximum atomic E-state index is 2.76. The molecule has 106 valence electrons. The Morgan fingerprint density at radius 3 is 2.11 bits per heavy atom. The summed E-state index contributed by atoms with van der Waals surface area (Å²) in [4.78, 5) is 2.76. The molecule has 1 nitrogen and oxygen atoms in total. The second-order valence-corrected chi connectivity index (χ2v) is 6.49. The fourth-order valence-electron chi connectivity index (χ4n) is 3.75. The van der Waals surface area contributed by atoms with Gasteiger partial charge >= 0.3 is 0 Å². The third-order valence-corrected chi connectivity index (χ3v) is 4.98. The van der Waals surface area contributed by atoms with Crippen LogP contribution in [0, 0.1) is 0 Å². The van der Waals surface area contributed by atoms with Gasteiger partial charge in [0.05, 0.1) is 0 Å². The quantitative estimate of drug-likeness (QED) is 0.383. The predicted molar refractivity (Wildman–Crippen MR) is 80.0 cm³/mol. The van der Waals surface area contributed by atoms with Crippen molar-refractivity contribution in [1.82, 2.24) is 4.90 Å².